The predicted octanol–water partition coefficient (Wildman–Crippen LogP) is 2.60. The first-order valence-corrected chi connectivity index (χ1v) is 7.15. The van der Waals surface area contributed by atoms with Gasteiger partial charge in [0.05, 0.1) is 0 Å². The van der Waals surface area contributed by atoms with Crippen molar-refractivity contribution < 1.29 is 4.79 Å². The molecule has 108 valence electrons. The molecule has 0 fully saturated rings. The Hall–Kier alpha value is -2.43. The molecule has 0 aliphatic carbocycles. The predicted molar refractivity (Wildman–Crippen MR) is 82.2 cm³/mol. The van der Waals surface area contributed by atoms with E-state index in [1.807, 2.05) is 18.2 Å². The van der Waals surface area contributed by atoms with Crippen LogP contribution in [-0.2, 0) is 0 Å². The Morgan fingerprint density at radius 2 is 2.05 bits per heavy atom. The molecule has 0 radical (unpaired) electrons. The Kier molecular flexibility index (Phi) is 3.56. The molecule has 1 atom stereocenters. The van der Waals surface area contributed by atoms with Crippen molar-refractivity contribution >= 4 is 17.4 Å². The standard InChI is InChI=1S/C16H18N4O/c1-11-5-4-10-20(13-7-3-2-6-12(11)13)16(21)14-15(17)19-9-8-18-14/h2-3,6-9,11H,4-5,10H2,1H3,(H2,17,19). The molecule has 5 nitrogen and oxygen atoms in total. The van der Waals surface area contributed by atoms with E-state index >= 15 is 0 Å². The van der Waals surface area contributed by atoms with Crippen LogP contribution in [0.2, 0.25) is 0 Å². The maximum Gasteiger partial charge on any atom is 0.280 e. The number of benzene rings is 1. The fourth-order valence-corrected chi connectivity index (χ4v) is 2.83. The summed E-state index contributed by atoms with van der Waals surface area (Å²) in [5.41, 5.74) is 8.17. The maximum atomic E-state index is 12.8. The average Bonchev–Trinajstić information content (AvgIpc) is 2.67. The van der Waals surface area contributed by atoms with Crippen molar-refractivity contribution in [1.82, 2.24) is 9.97 Å². The summed E-state index contributed by atoms with van der Waals surface area (Å²) in [6, 6.07) is 8.05. The molecule has 1 amide bonds. The van der Waals surface area contributed by atoms with Crippen molar-refractivity contribution in [2.24, 2.45) is 0 Å². The zero-order chi connectivity index (χ0) is 14.8. The summed E-state index contributed by atoms with van der Waals surface area (Å²) in [5.74, 6) is 0.442. The van der Waals surface area contributed by atoms with E-state index in [9.17, 15) is 4.79 Å². The number of carbonyl (C=O) groups excluding carboxylic acids is 1. The van der Waals surface area contributed by atoms with Crippen molar-refractivity contribution in [3.8, 4) is 0 Å². The fraction of sp³-hybridized carbons (Fsp3) is 0.312. The van der Waals surface area contributed by atoms with Crippen molar-refractivity contribution in [3.63, 3.8) is 0 Å². The Balaban J connectivity index is 2.04. The fourth-order valence-electron chi connectivity index (χ4n) is 2.83. The first kappa shape index (κ1) is 13.5. The van der Waals surface area contributed by atoms with Gasteiger partial charge in [-0.15, -0.1) is 0 Å². The number of hydrogen-bond acceptors (Lipinski definition) is 4. The topological polar surface area (TPSA) is 72.1 Å². The summed E-state index contributed by atoms with van der Waals surface area (Å²) in [7, 11) is 0. The molecule has 2 aromatic rings. The summed E-state index contributed by atoms with van der Waals surface area (Å²) in [6.07, 6.45) is 5.01. The summed E-state index contributed by atoms with van der Waals surface area (Å²) in [4.78, 5) is 22.6. The summed E-state index contributed by atoms with van der Waals surface area (Å²) >= 11 is 0. The van der Waals surface area contributed by atoms with Crippen molar-refractivity contribution in [3.05, 3.63) is 47.9 Å². The van der Waals surface area contributed by atoms with Crippen molar-refractivity contribution in [2.45, 2.75) is 25.7 Å². The lowest BCUT2D eigenvalue weighted by Gasteiger charge is -2.23. The summed E-state index contributed by atoms with van der Waals surface area (Å²) < 4.78 is 0. The van der Waals surface area contributed by atoms with Crippen LogP contribution in [0.4, 0.5) is 11.5 Å². The van der Waals surface area contributed by atoms with E-state index in [4.69, 9.17) is 5.73 Å². The molecule has 1 aliphatic rings. The van der Waals surface area contributed by atoms with Crippen molar-refractivity contribution in [1.29, 1.82) is 0 Å². The van der Waals surface area contributed by atoms with Gasteiger partial charge in [-0.05, 0) is 30.4 Å². The van der Waals surface area contributed by atoms with Gasteiger partial charge in [0, 0.05) is 24.6 Å². The molecular weight excluding hydrogens is 264 g/mol. The number of aromatic nitrogens is 2. The molecule has 5 heteroatoms. The molecule has 1 unspecified atom stereocenters. The van der Waals surface area contributed by atoms with Gasteiger partial charge in [0.1, 0.15) is 0 Å². The third kappa shape index (κ3) is 2.46. The number of nitrogens with two attached hydrogens (primary N) is 1. The van der Waals surface area contributed by atoms with E-state index in [2.05, 4.69) is 23.0 Å². The van der Waals surface area contributed by atoms with E-state index in [0.29, 0.717) is 12.5 Å². The monoisotopic (exact) mass is 282 g/mol. The Bertz CT molecular complexity index is 671. The molecule has 0 saturated carbocycles. The van der Waals surface area contributed by atoms with Crippen LogP contribution in [0.3, 0.4) is 0 Å². The zero-order valence-corrected chi connectivity index (χ0v) is 12.0. The van der Waals surface area contributed by atoms with Gasteiger partial charge in [0.2, 0.25) is 0 Å². The Labute approximate surface area is 123 Å². The molecular formula is C16H18N4O. The lowest BCUT2D eigenvalue weighted by molar-refractivity contribution is 0.0983. The second-order valence-electron chi connectivity index (χ2n) is 5.35. The molecule has 0 saturated heterocycles. The minimum Gasteiger partial charge on any atom is -0.382 e. The maximum absolute atomic E-state index is 12.8. The number of fused-ring (bicyclic) bond motifs is 1. The zero-order valence-electron chi connectivity index (χ0n) is 12.0. The molecule has 1 aromatic heterocycles. The van der Waals surface area contributed by atoms with E-state index in [0.717, 1.165) is 18.5 Å². The van der Waals surface area contributed by atoms with Crippen LogP contribution in [-0.4, -0.2) is 22.4 Å². The van der Waals surface area contributed by atoms with Crippen LogP contribution in [0.25, 0.3) is 0 Å². The molecule has 3 rings (SSSR count). The van der Waals surface area contributed by atoms with Crippen LogP contribution in [0.15, 0.2) is 36.7 Å². The van der Waals surface area contributed by atoms with Crippen LogP contribution in [0.1, 0.15) is 41.7 Å². The molecule has 21 heavy (non-hydrogen) atoms. The van der Waals surface area contributed by atoms with E-state index in [-0.39, 0.29) is 17.4 Å². The van der Waals surface area contributed by atoms with E-state index in [1.54, 1.807) is 4.90 Å². The average molecular weight is 282 g/mol. The largest absolute Gasteiger partial charge is 0.382 e. The lowest BCUT2D eigenvalue weighted by atomic mass is 9.96. The number of nitrogen functional groups attached to an aromatic ring is 1. The first-order valence-electron chi connectivity index (χ1n) is 7.15. The van der Waals surface area contributed by atoms with Gasteiger partial charge in [-0.25, -0.2) is 9.97 Å². The molecule has 2 heterocycles. The number of nitrogens with zero attached hydrogens (tertiary/aromatic N) is 3. The molecule has 0 bridgehead atoms. The molecule has 0 spiro atoms. The highest BCUT2D eigenvalue weighted by Crippen LogP contribution is 2.34. The number of hydrogen-bond donors (Lipinski definition) is 1. The normalized spacial score (nSPS) is 18.0. The number of amides is 1. The van der Waals surface area contributed by atoms with Crippen LogP contribution >= 0.6 is 0 Å². The minimum absolute atomic E-state index is 0.178. The summed E-state index contributed by atoms with van der Waals surface area (Å²) in [6.45, 7) is 2.87. The van der Waals surface area contributed by atoms with Gasteiger partial charge in [0.25, 0.3) is 5.91 Å². The second-order valence-corrected chi connectivity index (χ2v) is 5.35. The first-order chi connectivity index (χ1) is 10.2. The van der Waals surface area contributed by atoms with E-state index in [1.165, 1.54) is 18.0 Å². The Morgan fingerprint density at radius 1 is 1.29 bits per heavy atom. The minimum atomic E-state index is -0.179. The van der Waals surface area contributed by atoms with E-state index < -0.39 is 0 Å². The number of anilines is 2. The third-order valence-electron chi connectivity index (χ3n) is 3.95. The highest BCUT2D eigenvalue weighted by molar-refractivity contribution is 6.07. The lowest BCUT2D eigenvalue weighted by Crippen LogP contribution is -2.33. The van der Waals surface area contributed by atoms with Gasteiger partial charge in [0.15, 0.2) is 11.5 Å². The number of carbonyl (C=O) groups is 1. The second kappa shape index (κ2) is 5.52. The quantitative estimate of drug-likeness (QED) is 0.872. The van der Waals surface area contributed by atoms with Crippen LogP contribution in [0, 0.1) is 0 Å². The molecule has 1 aromatic carbocycles. The number of para-hydroxylation sites is 1. The smallest absolute Gasteiger partial charge is 0.280 e. The Morgan fingerprint density at radius 3 is 2.86 bits per heavy atom. The van der Waals surface area contributed by atoms with Gasteiger partial charge >= 0.3 is 0 Å². The molecule has 2 N–H and O–H groups in total. The van der Waals surface area contributed by atoms with Crippen LogP contribution < -0.4 is 10.6 Å². The van der Waals surface area contributed by atoms with Gasteiger partial charge < -0.3 is 10.6 Å². The van der Waals surface area contributed by atoms with Crippen LogP contribution in [0.5, 0.6) is 0 Å². The highest BCUT2D eigenvalue weighted by atomic mass is 16.2. The van der Waals surface area contributed by atoms with Gasteiger partial charge in [-0.2, -0.15) is 0 Å². The highest BCUT2D eigenvalue weighted by Gasteiger charge is 2.27. The molecule has 1 aliphatic heterocycles. The van der Waals surface area contributed by atoms with Gasteiger partial charge in [-0.1, -0.05) is 25.1 Å². The van der Waals surface area contributed by atoms with Gasteiger partial charge in [-0.3, -0.25) is 4.79 Å². The third-order valence-corrected chi connectivity index (χ3v) is 3.95. The number of rotatable bonds is 1. The summed E-state index contributed by atoms with van der Waals surface area (Å²) in [5, 5.41) is 0. The SMILES string of the molecule is CC1CCCN(C(=O)c2nccnc2N)c2ccccc21. The van der Waals surface area contributed by atoms with Crippen molar-refractivity contribution in [2.75, 3.05) is 17.2 Å².